The number of H-pyrrole nitrogens is 1. The minimum Gasteiger partial charge on any atom is -0.507 e. The van der Waals surface area contributed by atoms with Crippen molar-refractivity contribution < 1.29 is 14.3 Å². The van der Waals surface area contributed by atoms with Crippen molar-refractivity contribution in [3.05, 3.63) is 72.2 Å². The number of nitrogens with one attached hydrogen (secondary N) is 2. The van der Waals surface area contributed by atoms with E-state index in [1.165, 1.54) is 6.26 Å². The molecule has 0 atom stereocenters. The number of hydrogen-bond donors (Lipinski definition) is 3. The molecule has 0 saturated heterocycles. The van der Waals surface area contributed by atoms with Gasteiger partial charge in [-0.1, -0.05) is 30.3 Å². The van der Waals surface area contributed by atoms with Gasteiger partial charge in [0.2, 0.25) is 5.89 Å². The fourth-order valence-electron chi connectivity index (χ4n) is 2.90. The molecule has 0 bridgehead atoms. The Balaban J connectivity index is 1.40. The lowest BCUT2D eigenvalue weighted by Gasteiger charge is -2.02. The predicted octanol–water partition coefficient (Wildman–Crippen LogP) is 3.50. The smallest absolute Gasteiger partial charge is 0.273 e. The Labute approximate surface area is 149 Å². The Morgan fingerprint density at radius 1 is 1.15 bits per heavy atom. The van der Waals surface area contributed by atoms with Crippen LogP contribution in [0.5, 0.6) is 5.75 Å². The van der Waals surface area contributed by atoms with Crippen LogP contribution in [0.25, 0.3) is 22.4 Å². The summed E-state index contributed by atoms with van der Waals surface area (Å²) in [5.74, 6) is -0.0409. The molecule has 0 unspecified atom stereocenters. The third kappa shape index (κ3) is 3.04. The van der Waals surface area contributed by atoms with Crippen molar-refractivity contribution in [3.8, 4) is 17.2 Å². The highest BCUT2D eigenvalue weighted by molar-refractivity contribution is 5.92. The van der Waals surface area contributed by atoms with Gasteiger partial charge in [0.25, 0.3) is 5.91 Å². The molecule has 6 heteroatoms. The van der Waals surface area contributed by atoms with Gasteiger partial charge in [-0.2, -0.15) is 0 Å². The highest BCUT2D eigenvalue weighted by Crippen LogP contribution is 2.27. The van der Waals surface area contributed by atoms with Gasteiger partial charge in [-0.25, -0.2) is 4.98 Å². The van der Waals surface area contributed by atoms with Crippen LogP contribution in [0, 0.1) is 0 Å². The molecule has 2 aromatic carbocycles. The van der Waals surface area contributed by atoms with Crippen LogP contribution in [-0.2, 0) is 6.42 Å². The minimum absolute atomic E-state index is 0.0562. The van der Waals surface area contributed by atoms with Crippen LogP contribution >= 0.6 is 0 Å². The van der Waals surface area contributed by atoms with E-state index in [0.29, 0.717) is 18.5 Å². The van der Waals surface area contributed by atoms with Crippen molar-refractivity contribution in [3.63, 3.8) is 0 Å². The molecular formula is C20H17N3O3. The van der Waals surface area contributed by atoms with Crippen molar-refractivity contribution in [2.45, 2.75) is 6.42 Å². The first kappa shape index (κ1) is 16.0. The number of oxazole rings is 1. The van der Waals surface area contributed by atoms with E-state index in [9.17, 15) is 9.90 Å². The number of benzene rings is 2. The van der Waals surface area contributed by atoms with E-state index in [0.717, 1.165) is 16.5 Å². The van der Waals surface area contributed by atoms with Crippen LogP contribution in [0.4, 0.5) is 0 Å². The van der Waals surface area contributed by atoms with Crippen molar-refractivity contribution in [2.75, 3.05) is 6.54 Å². The van der Waals surface area contributed by atoms with Gasteiger partial charge in [0, 0.05) is 23.6 Å². The first-order chi connectivity index (χ1) is 12.7. The topological polar surface area (TPSA) is 91.2 Å². The van der Waals surface area contributed by atoms with E-state index < -0.39 is 0 Å². The van der Waals surface area contributed by atoms with E-state index >= 15 is 0 Å². The number of aromatic amines is 1. The summed E-state index contributed by atoms with van der Waals surface area (Å²) in [7, 11) is 0. The second-order valence-electron chi connectivity index (χ2n) is 5.92. The van der Waals surface area contributed by atoms with Crippen LogP contribution in [0.15, 0.2) is 65.4 Å². The summed E-state index contributed by atoms with van der Waals surface area (Å²) in [4.78, 5) is 19.6. The number of nitrogens with zero attached hydrogens (tertiary/aromatic N) is 1. The number of aromatic hydroxyl groups is 1. The van der Waals surface area contributed by atoms with Crippen LogP contribution in [0.1, 0.15) is 16.1 Å². The van der Waals surface area contributed by atoms with Crippen LogP contribution in [0.3, 0.4) is 0 Å². The van der Waals surface area contributed by atoms with E-state index in [2.05, 4.69) is 21.4 Å². The molecule has 0 aliphatic rings. The van der Waals surface area contributed by atoms with Gasteiger partial charge >= 0.3 is 0 Å². The summed E-state index contributed by atoms with van der Waals surface area (Å²) in [6.45, 7) is 0.486. The summed E-state index contributed by atoms with van der Waals surface area (Å²) in [6, 6.07) is 14.7. The van der Waals surface area contributed by atoms with E-state index in [-0.39, 0.29) is 23.2 Å². The number of carbonyl (C=O) groups is 1. The summed E-state index contributed by atoms with van der Waals surface area (Å²) >= 11 is 0. The molecule has 1 amide bonds. The molecule has 0 radical (unpaired) electrons. The third-order valence-corrected chi connectivity index (χ3v) is 4.23. The molecular weight excluding hydrogens is 330 g/mol. The SMILES string of the molecule is O=C(NCCc1c[nH]c2ccccc12)c1coc(-c2ccccc2O)n1. The maximum atomic E-state index is 12.3. The fourth-order valence-corrected chi connectivity index (χ4v) is 2.90. The third-order valence-electron chi connectivity index (χ3n) is 4.23. The monoisotopic (exact) mass is 347 g/mol. The quantitative estimate of drug-likeness (QED) is 0.515. The second-order valence-corrected chi connectivity index (χ2v) is 5.92. The van der Waals surface area contributed by atoms with Crippen molar-refractivity contribution in [2.24, 2.45) is 0 Å². The van der Waals surface area contributed by atoms with E-state index in [4.69, 9.17) is 4.42 Å². The standard InChI is InChI=1S/C20H17N3O3/c24-18-8-4-2-6-15(18)20-23-17(12-26-20)19(25)21-10-9-13-11-22-16-7-3-1-5-14(13)16/h1-8,11-12,22,24H,9-10H2,(H,21,25). The largest absolute Gasteiger partial charge is 0.507 e. The molecule has 0 saturated carbocycles. The molecule has 4 aromatic rings. The number of hydrogen-bond acceptors (Lipinski definition) is 4. The number of aromatic nitrogens is 2. The molecule has 2 heterocycles. The number of phenols is 1. The molecule has 0 aliphatic carbocycles. The zero-order valence-electron chi connectivity index (χ0n) is 13.9. The Morgan fingerprint density at radius 3 is 2.85 bits per heavy atom. The van der Waals surface area contributed by atoms with Crippen molar-refractivity contribution in [1.82, 2.24) is 15.3 Å². The average molecular weight is 347 g/mol. The number of rotatable bonds is 5. The zero-order valence-corrected chi connectivity index (χ0v) is 13.9. The highest BCUT2D eigenvalue weighted by atomic mass is 16.3. The molecule has 2 aromatic heterocycles. The van der Waals surface area contributed by atoms with Crippen molar-refractivity contribution >= 4 is 16.8 Å². The van der Waals surface area contributed by atoms with Gasteiger partial charge in [-0.05, 0) is 30.2 Å². The number of amides is 1. The lowest BCUT2D eigenvalue weighted by atomic mass is 10.1. The Bertz CT molecular complexity index is 1060. The normalized spacial score (nSPS) is 10.9. The number of para-hydroxylation sites is 2. The molecule has 4 rings (SSSR count). The Morgan fingerprint density at radius 2 is 1.96 bits per heavy atom. The maximum Gasteiger partial charge on any atom is 0.273 e. The molecule has 3 N–H and O–H groups in total. The van der Waals surface area contributed by atoms with E-state index in [1.54, 1.807) is 24.3 Å². The van der Waals surface area contributed by atoms with Crippen molar-refractivity contribution in [1.29, 1.82) is 0 Å². The summed E-state index contributed by atoms with van der Waals surface area (Å²) < 4.78 is 5.33. The van der Waals surface area contributed by atoms with Gasteiger partial charge < -0.3 is 19.8 Å². The Hall–Kier alpha value is -3.54. The zero-order chi connectivity index (χ0) is 17.9. The molecule has 0 aliphatic heterocycles. The summed E-state index contributed by atoms with van der Waals surface area (Å²) in [6.07, 6.45) is 3.96. The minimum atomic E-state index is -0.310. The second kappa shape index (κ2) is 6.76. The summed E-state index contributed by atoms with van der Waals surface area (Å²) in [5, 5.41) is 13.8. The summed E-state index contributed by atoms with van der Waals surface area (Å²) in [5.41, 5.74) is 2.86. The highest BCUT2D eigenvalue weighted by Gasteiger charge is 2.15. The van der Waals surface area contributed by atoms with Gasteiger partial charge in [0.05, 0.1) is 5.56 Å². The van der Waals surface area contributed by atoms with Crippen LogP contribution in [0.2, 0.25) is 0 Å². The fraction of sp³-hybridized carbons (Fsp3) is 0.100. The average Bonchev–Trinajstić information content (AvgIpc) is 3.30. The lowest BCUT2D eigenvalue weighted by Crippen LogP contribution is -2.25. The first-order valence-electron chi connectivity index (χ1n) is 8.29. The Kier molecular flexibility index (Phi) is 4.15. The van der Waals surface area contributed by atoms with Crippen LogP contribution in [-0.4, -0.2) is 27.5 Å². The van der Waals surface area contributed by atoms with Gasteiger partial charge in [0.15, 0.2) is 5.69 Å². The molecule has 130 valence electrons. The van der Waals surface area contributed by atoms with Crippen LogP contribution < -0.4 is 5.32 Å². The van der Waals surface area contributed by atoms with Gasteiger partial charge in [-0.3, -0.25) is 4.79 Å². The van der Waals surface area contributed by atoms with Gasteiger partial charge in [0.1, 0.15) is 12.0 Å². The number of carbonyl (C=O) groups excluding carboxylic acids is 1. The number of fused-ring (bicyclic) bond motifs is 1. The maximum absolute atomic E-state index is 12.3. The predicted molar refractivity (Wildman–Crippen MR) is 97.9 cm³/mol. The van der Waals surface area contributed by atoms with E-state index in [1.807, 2.05) is 24.4 Å². The molecule has 0 spiro atoms. The molecule has 26 heavy (non-hydrogen) atoms. The first-order valence-corrected chi connectivity index (χ1v) is 8.29. The molecule has 0 fully saturated rings. The lowest BCUT2D eigenvalue weighted by molar-refractivity contribution is 0.0949. The molecule has 6 nitrogen and oxygen atoms in total. The number of phenolic OH excluding ortho intramolecular Hbond substituents is 1. The van der Waals surface area contributed by atoms with Gasteiger partial charge in [-0.15, -0.1) is 0 Å².